The van der Waals surface area contributed by atoms with E-state index in [2.05, 4.69) is 36.7 Å². The first-order valence-electron chi connectivity index (χ1n) is 14.3. The molecule has 41 heavy (non-hydrogen) atoms. The molecule has 11 heteroatoms. The van der Waals surface area contributed by atoms with Crippen LogP contribution in [0, 0.1) is 19.8 Å². The molecule has 0 radical (unpaired) electrons. The highest BCUT2D eigenvalue weighted by atomic mass is 16.6. The lowest BCUT2D eigenvalue weighted by Crippen LogP contribution is -2.38. The number of hydrogen-bond acceptors (Lipinski definition) is 8. The molecule has 2 amide bonds. The number of aryl methyl sites for hydroxylation is 2. The summed E-state index contributed by atoms with van der Waals surface area (Å²) in [5.41, 5.74) is 3.32. The van der Waals surface area contributed by atoms with Gasteiger partial charge in [-0.1, -0.05) is 18.2 Å². The van der Waals surface area contributed by atoms with Crippen LogP contribution in [0.5, 0.6) is 5.75 Å². The summed E-state index contributed by atoms with van der Waals surface area (Å²) < 4.78 is 12.4. The molecule has 1 aliphatic rings. The number of carbonyl (C=O) groups excluding carboxylic acids is 2. The Morgan fingerprint density at radius 1 is 1.07 bits per heavy atom. The highest BCUT2D eigenvalue weighted by molar-refractivity contribution is 5.76. The van der Waals surface area contributed by atoms with E-state index in [0.29, 0.717) is 36.9 Å². The van der Waals surface area contributed by atoms with Crippen LogP contribution in [0.1, 0.15) is 68.4 Å². The molecular weight excluding hydrogens is 522 g/mol. The maximum atomic E-state index is 12.7. The quantitative estimate of drug-likeness (QED) is 0.381. The average molecular weight is 566 g/mol. The predicted octanol–water partition coefficient (Wildman–Crippen LogP) is 3.74. The number of nitrogens with zero attached hydrogens (tertiary/aromatic N) is 5. The third kappa shape index (κ3) is 8.39. The number of nitrogens with one attached hydrogen (secondary N) is 2. The molecule has 1 aliphatic heterocycles. The number of methoxy groups -OCH3 is 1. The second kappa shape index (κ2) is 13.3. The molecule has 1 saturated heterocycles. The van der Waals surface area contributed by atoms with E-state index < -0.39 is 11.7 Å². The monoisotopic (exact) mass is 565 g/mol. The summed E-state index contributed by atoms with van der Waals surface area (Å²) in [6, 6.07) is 8.17. The van der Waals surface area contributed by atoms with Gasteiger partial charge >= 0.3 is 6.09 Å². The summed E-state index contributed by atoms with van der Waals surface area (Å²) in [4.78, 5) is 36.2. The first-order valence-corrected chi connectivity index (χ1v) is 14.3. The fourth-order valence-corrected chi connectivity index (χ4v) is 5.16. The second-order valence-corrected chi connectivity index (χ2v) is 11.7. The van der Waals surface area contributed by atoms with E-state index in [0.717, 1.165) is 55.2 Å². The van der Waals surface area contributed by atoms with Crippen molar-refractivity contribution in [2.75, 3.05) is 26.7 Å². The van der Waals surface area contributed by atoms with Gasteiger partial charge in [0.05, 0.1) is 13.7 Å². The van der Waals surface area contributed by atoms with Gasteiger partial charge in [0.2, 0.25) is 5.91 Å². The van der Waals surface area contributed by atoms with Crippen molar-refractivity contribution in [2.45, 2.75) is 79.0 Å². The number of hydrogen-bond donors (Lipinski definition) is 2. The van der Waals surface area contributed by atoms with Gasteiger partial charge in [-0.15, -0.1) is 5.10 Å². The molecule has 3 aromatic rings. The standard InChI is InChI=1S/C30H43N7O4/c1-20-24(21(2)37-28(33-20)34-26(35-37)18-32-29(39)41-30(3,4)5)11-12-27(38)31-17-22-13-15-36(16-14-22)19-23-9-7-8-10-25(23)40-6/h7-10,22H,11-19H2,1-6H3,(H,31,38)(H,32,39). The minimum Gasteiger partial charge on any atom is -0.496 e. The SMILES string of the molecule is COc1ccccc1CN1CCC(CNC(=O)CCc2c(C)nc3nc(CNC(=O)OC(C)(C)C)nn3c2C)CC1. The van der Waals surface area contributed by atoms with Gasteiger partial charge in [0, 0.05) is 36.5 Å². The number of alkyl carbamates (subject to hydrolysis) is 1. The van der Waals surface area contributed by atoms with Crippen LogP contribution < -0.4 is 15.4 Å². The van der Waals surface area contributed by atoms with E-state index >= 15 is 0 Å². The maximum Gasteiger partial charge on any atom is 0.408 e. The van der Waals surface area contributed by atoms with Crippen LogP contribution in [0.15, 0.2) is 24.3 Å². The number of rotatable bonds is 10. The Morgan fingerprint density at radius 2 is 1.80 bits per heavy atom. The molecule has 1 fully saturated rings. The number of carbonyl (C=O) groups is 2. The molecule has 0 unspecified atom stereocenters. The van der Waals surface area contributed by atoms with E-state index in [1.807, 2.05) is 52.8 Å². The number of para-hydroxylation sites is 1. The van der Waals surface area contributed by atoms with Crippen LogP contribution >= 0.6 is 0 Å². The number of likely N-dealkylation sites (tertiary alicyclic amines) is 1. The van der Waals surface area contributed by atoms with Gasteiger partial charge in [-0.2, -0.15) is 4.98 Å². The molecule has 222 valence electrons. The molecule has 2 aromatic heterocycles. The summed E-state index contributed by atoms with van der Waals surface area (Å²) >= 11 is 0. The van der Waals surface area contributed by atoms with Gasteiger partial charge < -0.3 is 20.1 Å². The number of fused-ring (bicyclic) bond motifs is 1. The van der Waals surface area contributed by atoms with Crippen molar-refractivity contribution in [3.63, 3.8) is 0 Å². The summed E-state index contributed by atoms with van der Waals surface area (Å²) in [6.45, 7) is 13.0. The third-order valence-electron chi connectivity index (χ3n) is 7.37. The van der Waals surface area contributed by atoms with E-state index in [4.69, 9.17) is 9.47 Å². The topological polar surface area (TPSA) is 123 Å². The predicted molar refractivity (Wildman–Crippen MR) is 156 cm³/mol. The Labute approximate surface area is 242 Å². The van der Waals surface area contributed by atoms with Gasteiger partial charge in [0.15, 0.2) is 5.82 Å². The van der Waals surface area contributed by atoms with Gasteiger partial charge in [0.25, 0.3) is 5.78 Å². The summed E-state index contributed by atoms with van der Waals surface area (Å²) in [7, 11) is 1.71. The lowest BCUT2D eigenvalue weighted by molar-refractivity contribution is -0.121. The number of ether oxygens (including phenoxy) is 2. The lowest BCUT2D eigenvalue weighted by Gasteiger charge is -2.32. The van der Waals surface area contributed by atoms with E-state index in [1.165, 1.54) is 5.56 Å². The number of amides is 2. The zero-order valence-electron chi connectivity index (χ0n) is 25.1. The van der Waals surface area contributed by atoms with Crippen LogP contribution in [-0.4, -0.2) is 68.8 Å². The Balaban J connectivity index is 1.23. The summed E-state index contributed by atoms with van der Waals surface area (Å²) in [5.74, 6) is 2.36. The third-order valence-corrected chi connectivity index (χ3v) is 7.37. The smallest absolute Gasteiger partial charge is 0.408 e. The van der Waals surface area contributed by atoms with Crippen LogP contribution in [0.3, 0.4) is 0 Å². The van der Waals surface area contributed by atoms with E-state index in [-0.39, 0.29) is 12.5 Å². The normalized spacial score (nSPS) is 14.7. The van der Waals surface area contributed by atoms with Crippen molar-refractivity contribution in [3.8, 4) is 5.75 Å². The molecule has 2 N–H and O–H groups in total. The average Bonchev–Trinajstić information content (AvgIpc) is 3.34. The molecule has 0 saturated carbocycles. The van der Waals surface area contributed by atoms with Crippen molar-refractivity contribution in [1.29, 1.82) is 0 Å². The summed E-state index contributed by atoms with van der Waals surface area (Å²) in [6.07, 6.45) is 2.54. The van der Waals surface area contributed by atoms with Gasteiger partial charge in [-0.3, -0.25) is 9.69 Å². The van der Waals surface area contributed by atoms with Crippen LogP contribution in [-0.2, 0) is 29.0 Å². The van der Waals surface area contributed by atoms with Gasteiger partial charge in [0.1, 0.15) is 11.4 Å². The molecule has 4 rings (SSSR count). The largest absolute Gasteiger partial charge is 0.496 e. The van der Waals surface area contributed by atoms with Gasteiger partial charge in [-0.25, -0.2) is 14.3 Å². The Bertz CT molecular complexity index is 1360. The van der Waals surface area contributed by atoms with Crippen molar-refractivity contribution in [3.05, 3.63) is 52.6 Å². The minimum absolute atomic E-state index is 0.0428. The number of benzene rings is 1. The summed E-state index contributed by atoms with van der Waals surface area (Å²) in [5, 5.41) is 10.3. The van der Waals surface area contributed by atoms with Gasteiger partial charge in [-0.05, 0) is 84.5 Å². The van der Waals surface area contributed by atoms with E-state index in [9.17, 15) is 9.59 Å². The zero-order valence-corrected chi connectivity index (χ0v) is 25.1. The molecule has 3 heterocycles. The fraction of sp³-hybridized carbons (Fsp3) is 0.567. The van der Waals surface area contributed by atoms with Crippen LogP contribution in [0.25, 0.3) is 5.78 Å². The first-order chi connectivity index (χ1) is 19.5. The highest BCUT2D eigenvalue weighted by Gasteiger charge is 2.21. The number of aromatic nitrogens is 4. The van der Waals surface area contributed by atoms with Crippen molar-refractivity contribution in [1.82, 2.24) is 35.1 Å². The van der Waals surface area contributed by atoms with Crippen molar-refractivity contribution < 1.29 is 19.1 Å². The molecule has 1 aromatic carbocycles. The number of piperidine rings is 1. The Morgan fingerprint density at radius 3 is 2.51 bits per heavy atom. The molecule has 0 bridgehead atoms. The second-order valence-electron chi connectivity index (χ2n) is 11.7. The molecule has 11 nitrogen and oxygen atoms in total. The minimum atomic E-state index is -0.581. The van der Waals surface area contributed by atoms with Crippen LogP contribution in [0.2, 0.25) is 0 Å². The zero-order chi connectivity index (χ0) is 29.6. The van der Waals surface area contributed by atoms with Crippen molar-refractivity contribution in [2.24, 2.45) is 5.92 Å². The van der Waals surface area contributed by atoms with E-state index in [1.54, 1.807) is 11.6 Å². The Kier molecular flexibility index (Phi) is 9.80. The Hall–Kier alpha value is -3.73. The van der Waals surface area contributed by atoms with Crippen LogP contribution in [0.4, 0.5) is 4.79 Å². The molecule has 0 atom stereocenters. The maximum absolute atomic E-state index is 12.7. The highest BCUT2D eigenvalue weighted by Crippen LogP contribution is 2.23. The molecule has 0 spiro atoms. The lowest BCUT2D eigenvalue weighted by atomic mass is 9.96. The fourth-order valence-electron chi connectivity index (χ4n) is 5.16. The molecule has 0 aliphatic carbocycles. The molecular formula is C30H43N7O4. The first kappa shape index (κ1) is 30.2. The van der Waals surface area contributed by atoms with Crippen molar-refractivity contribution >= 4 is 17.8 Å².